The number of hydrogen-bond donors (Lipinski definition) is 1. The monoisotopic (exact) mass is 389 g/mol. The Labute approximate surface area is 169 Å². The average Bonchev–Trinajstić information content (AvgIpc) is 2.79. The molecule has 0 saturated carbocycles. The number of anilines is 1. The van der Waals surface area contributed by atoms with Crippen molar-refractivity contribution in [3.8, 4) is 16.9 Å². The minimum atomic E-state index is -0.178. The number of rotatable bonds is 4. The number of nitrogens with two attached hydrogens (primary N) is 1. The van der Waals surface area contributed by atoms with Crippen molar-refractivity contribution in [2.45, 2.75) is 25.3 Å². The van der Waals surface area contributed by atoms with E-state index in [1.165, 1.54) is 0 Å². The lowest BCUT2D eigenvalue weighted by Crippen LogP contribution is -2.39. The van der Waals surface area contributed by atoms with E-state index in [0.717, 1.165) is 41.8 Å². The van der Waals surface area contributed by atoms with Crippen LogP contribution in [0.3, 0.4) is 0 Å². The Hall–Kier alpha value is -3.48. The van der Waals surface area contributed by atoms with Crippen LogP contribution in [-0.4, -0.2) is 39.4 Å². The highest BCUT2D eigenvalue weighted by Crippen LogP contribution is 2.37. The number of likely N-dealkylation sites (tertiary alicyclic amines) is 1. The minimum absolute atomic E-state index is 0.0448. The van der Waals surface area contributed by atoms with E-state index in [2.05, 4.69) is 15.0 Å². The van der Waals surface area contributed by atoms with E-state index in [1.54, 1.807) is 37.8 Å². The normalized spacial score (nSPS) is 16.4. The number of amides is 1. The van der Waals surface area contributed by atoms with Crippen LogP contribution in [0.1, 0.15) is 41.4 Å². The van der Waals surface area contributed by atoms with E-state index in [-0.39, 0.29) is 17.9 Å². The molecule has 148 valence electrons. The molecule has 0 spiro atoms. The number of methoxy groups -OCH3 is 1. The summed E-state index contributed by atoms with van der Waals surface area (Å²) in [5.74, 6) is 0.903. The van der Waals surface area contributed by atoms with Crippen LogP contribution in [0, 0.1) is 0 Å². The van der Waals surface area contributed by atoms with Crippen molar-refractivity contribution in [1.82, 2.24) is 19.9 Å². The molecule has 29 heavy (non-hydrogen) atoms. The standard InChI is InChI=1S/C22H23N5O2/c1-29-17-8-4-6-15(12-17)18-14-25-22(23)26-20(18)19-9-2-3-11-27(19)21(28)16-7-5-10-24-13-16/h4-8,10,12-14,19H,2-3,9,11H2,1H3,(H2,23,25,26)/t19-/m0/s1. The largest absolute Gasteiger partial charge is 0.497 e. The number of nitrogen functional groups attached to an aromatic ring is 1. The Kier molecular flexibility index (Phi) is 5.37. The van der Waals surface area contributed by atoms with Gasteiger partial charge in [-0.2, -0.15) is 0 Å². The third-order valence-corrected chi connectivity index (χ3v) is 5.21. The second-order valence-electron chi connectivity index (χ2n) is 7.01. The molecule has 0 radical (unpaired) electrons. The van der Waals surface area contributed by atoms with Gasteiger partial charge in [-0.1, -0.05) is 12.1 Å². The van der Waals surface area contributed by atoms with Crippen LogP contribution >= 0.6 is 0 Å². The molecule has 0 unspecified atom stereocenters. The molecule has 1 aliphatic heterocycles. The highest BCUT2D eigenvalue weighted by atomic mass is 16.5. The number of aromatic nitrogens is 3. The summed E-state index contributed by atoms with van der Waals surface area (Å²) < 4.78 is 5.37. The Bertz CT molecular complexity index is 1010. The number of nitrogens with zero attached hydrogens (tertiary/aromatic N) is 4. The maximum Gasteiger partial charge on any atom is 0.255 e. The van der Waals surface area contributed by atoms with Gasteiger partial charge in [-0.3, -0.25) is 9.78 Å². The van der Waals surface area contributed by atoms with Crippen molar-refractivity contribution in [2.24, 2.45) is 0 Å². The predicted molar refractivity (Wildman–Crippen MR) is 110 cm³/mol. The molecular weight excluding hydrogens is 366 g/mol. The Morgan fingerprint density at radius 3 is 2.90 bits per heavy atom. The zero-order valence-electron chi connectivity index (χ0n) is 16.3. The van der Waals surface area contributed by atoms with Gasteiger partial charge in [0.1, 0.15) is 5.75 Å². The summed E-state index contributed by atoms with van der Waals surface area (Å²) in [4.78, 5) is 28.0. The maximum atomic E-state index is 13.2. The first-order chi connectivity index (χ1) is 14.2. The second-order valence-corrected chi connectivity index (χ2v) is 7.01. The van der Waals surface area contributed by atoms with E-state index < -0.39 is 0 Å². The molecule has 1 fully saturated rings. The van der Waals surface area contributed by atoms with Crippen LogP contribution < -0.4 is 10.5 Å². The number of piperidine rings is 1. The van der Waals surface area contributed by atoms with Crippen LogP contribution in [0.25, 0.3) is 11.1 Å². The molecule has 1 aliphatic rings. The van der Waals surface area contributed by atoms with Crippen molar-refractivity contribution < 1.29 is 9.53 Å². The van der Waals surface area contributed by atoms with E-state index in [0.29, 0.717) is 12.1 Å². The summed E-state index contributed by atoms with van der Waals surface area (Å²) in [6.07, 6.45) is 7.79. The fraction of sp³-hybridized carbons (Fsp3) is 0.273. The molecule has 2 N–H and O–H groups in total. The van der Waals surface area contributed by atoms with Crippen LogP contribution in [-0.2, 0) is 0 Å². The first kappa shape index (κ1) is 18.9. The number of carbonyl (C=O) groups excluding carboxylic acids is 1. The van der Waals surface area contributed by atoms with Crippen molar-refractivity contribution in [2.75, 3.05) is 19.4 Å². The first-order valence-corrected chi connectivity index (χ1v) is 9.65. The maximum absolute atomic E-state index is 13.2. The van der Waals surface area contributed by atoms with Gasteiger partial charge in [0.25, 0.3) is 5.91 Å². The number of benzene rings is 1. The summed E-state index contributed by atoms with van der Waals surface area (Å²) in [6, 6.07) is 11.1. The Balaban J connectivity index is 1.77. The average molecular weight is 389 g/mol. The molecule has 1 aromatic carbocycles. The van der Waals surface area contributed by atoms with Crippen molar-refractivity contribution in [1.29, 1.82) is 0 Å². The fourth-order valence-corrected chi connectivity index (χ4v) is 3.79. The van der Waals surface area contributed by atoms with Gasteiger partial charge in [-0.05, 0) is 49.1 Å². The molecule has 2 aromatic heterocycles. The summed E-state index contributed by atoms with van der Waals surface area (Å²) in [5.41, 5.74) is 9.07. The van der Waals surface area contributed by atoms with Gasteiger partial charge in [0.2, 0.25) is 5.95 Å². The summed E-state index contributed by atoms with van der Waals surface area (Å²) >= 11 is 0. The zero-order valence-corrected chi connectivity index (χ0v) is 16.3. The highest BCUT2D eigenvalue weighted by Gasteiger charge is 2.32. The predicted octanol–water partition coefficient (Wildman–Crippen LogP) is 3.50. The summed E-state index contributed by atoms with van der Waals surface area (Å²) in [5, 5.41) is 0. The molecule has 3 aromatic rings. The van der Waals surface area contributed by atoms with Crippen molar-refractivity contribution >= 4 is 11.9 Å². The molecular formula is C22H23N5O2. The van der Waals surface area contributed by atoms with Crippen LogP contribution in [0.2, 0.25) is 0 Å². The van der Waals surface area contributed by atoms with E-state index in [1.807, 2.05) is 29.2 Å². The van der Waals surface area contributed by atoms with Gasteiger partial charge in [-0.25, -0.2) is 9.97 Å². The molecule has 3 heterocycles. The van der Waals surface area contributed by atoms with Gasteiger partial charge in [0.15, 0.2) is 0 Å². The molecule has 7 nitrogen and oxygen atoms in total. The molecule has 1 amide bonds. The van der Waals surface area contributed by atoms with Gasteiger partial charge >= 0.3 is 0 Å². The molecule has 1 atom stereocenters. The lowest BCUT2D eigenvalue weighted by atomic mass is 9.93. The van der Waals surface area contributed by atoms with Gasteiger partial charge in [0.05, 0.1) is 24.4 Å². The summed E-state index contributed by atoms with van der Waals surface area (Å²) in [6.45, 7) is 0.667. The third kappa shape index (κ3) is 3.89. The summed E-state index contributed by atoms with van der Waals surface area (Å²) in [7, 11) is 1.63. The van der Waals surface area contributed by atoms with Crippen LogP contribution in [0.15, 0.2) is 55.0 Å². The number of pyridine rings is 1. The fourth-order valence-electron chi connectivity index (χ4n) is 3.79. The van der Waals surface area contributed by atoms with Crippen LogP contribution in [0.4, 0.5) is 5.95 Å². The Morgan fingerprint density at radius 2 is 2.10 bits per heavy atom. The first-order valence-electron chi connectivity index (χ1n) is 9.65. The van der Waals surface area contributed by atoms with E-state index in [9.17, 15) is 4.79 Å². The number of carbonyl (C=O) groups is 1. The van der Waals surface area contributed by atoms with E-state index in [4.69, 9.17) is 10.5 Å². The van der Waals surface area contributed by atoms with E-state index >= 15 is 0 Å². The van der Waals surface area contributed by atoms with Gasteiger partial charge < -0.3 is 15.4 Å². The minimum Gasteiger partial charge on any atom is -0.497 e. The molecule has 7 heteroatoms. The second kappa shape index (κ2) is 8.26. The van der Waals surface area contributed by atoms with Gasteiger partial charge in [0, 0.05) is 30.7 Å². The van der Waals surface area contributed by atoms with Crippen molar-refractivity contribution in [3.63, 3.8) is 0 Å². The SMILES string of the molecule is COc1cccc(-c2cnc(N)nc2[C@@H]2CCCCN2C(=O)c2cccnc2)c1. The Morgan fingerprint density at radius 1 is 1.21 bits per heavy atom. The number of ether oxygens (including phenoxy) is 1. The molecule has 1 saturated heterocycles. The third-order valence-electron chi connectivity index (χ3n) is 5.21. The highest BCUT2D eigenvalue weighted by molar-refractivity contribution is 5.94. The van der Waals surface area contributed by atoms with Crippen LogP contribution in [0.5, 0.6) is 5.75 Å². The lowest BCUT2D eigenvalue weighted by molar-refractivity contribution is 0.0606. The molecule has 0 aliphatic carbocycles. The smallest absolute Gasteiger partial charge is 0.255 e. The molecule has 0 bridgehead atoms. The van der Waals surface area contributed by atoms with Gasteiger partial charge in [-0.15, -0.1) is 0 Å². The zero-order chi connectivity index (χ0) is 20.2. The lowest BCUT2D eigenvalue weighted by Gasteiger charge is -2.36. The molecule has 4 rings (SSSR count). The number of hydrogen-bond acceptors (Lipinski definition) is 6. The van der Waals surface area contributed by atoms with Crippen molar-refractivity contribution in [3.05, 3.63) is 66.2 Å². The quantitative estimate of drug-likeness (QED) is 0.734. The topological polar surface area (TPSA) is 94.2 Å².